The maximum absolute atomic E-state index is 13.1. The van der Waals surface area contributed by atoms with Gasteiger partial charge < -0.3 is 9.73 Å². The van der Waals surface area contributed by atoms with Gasteiger partial charge in [0.2, 0.25) is 5.91 Å². The molecule has 0 aliphatic rings. The minimum Gasteiger partial charge on any atom is -0.459 e. The molecule has 4 aromatic rings. The zero-order chi connectivity index (χ0) is 21.8. The van der Waals surface area contributed by atoms with E-state index in [-0.39, 0.29) is 29.6 Å². The topological polar surface area (TPSA) is 106 Å². The summed E-state index contributed by atoms with van der Waals surface area (Å²) in [6.07, 6.45) is 3.29. The molecule has 3 aromatic heterocycles. The van der Waals surface area contributed by atoms with Gasteiger partial charge in [0.25, 0.3) is 11.5 Å². The lowest BCUT2D eigenvalue weighted by molar-refractivity contribution is -0.117. The summed E-state index contributed by atoms with van der Waals surface area (Å²) in [5.41, 5.74) is 4.02. The van der Waals surface area contributed by atoms with Crippen LogP contribution in [0.2, 0.25) is 0 Å². The summed E-state index contributed by atoms with van der Waals surface area (Å²) in [6.45, 7) is 2.26. The Bertz CT molecular complexity index is 1280. The molecular weight excluding hydrogens is 416 g/mol. The van der Waals surface area contributed by atoms with E-state index in [9.17, 15) is 14.4 Å². The van der Waals surface area contributed by atoms with Crippen LogP contribution in [0.25, 0.3) is 21.3 Å². The number of aromatic nitrogens is 2. The van der Waals surface area contributed by atoms with Gasteiger partial charge in [0, 0.05) is 23.4 Å². The van der Waals surface area contributed by atoms with Gasteiger partial charge >= 0.3 is 0 Å². The van der Waals surface area contributed by atoms with E-state index < -0.39 is 0 Å². The van der Waals surface area contributed by atoms with E-state index in [0.717, 1.165) is 20.7 Å². The first-order valence-electron chi connectivity index (χ1n) is 9.72. The van der Waals surface area contributed by atoms with E-state index in [1.165, 1.54) is 23.9 Å². The van der Waals surface area contributed by atoms with Crippen LogP contribution in [0, 0.1) is 6.92 Å². The molecule has 0 unspecified atom stereocenters. The summed E-state index contributed by atoms with van der Waals surface area (Å²) >= 11 is 1.45. The second-order valence-electron chi connectivity index (χ2n) is 6.87. The molecule has 0 aliphatic carbocycles. The van der Waals surface area contributed by atoms with Crippen molar-refractivity contribution in [3.63, 3.8) is 0 Å². The molecular formula is C22H20N4O4S. The van der Waals surface area contributed by atoms with Crippen LogP contribution in [0.15, 0.2) is 64.3 Å². The molecule has 1 aromatic carbocycles. The molecule has 158 valence electrons. The molecule has 0 fully saturated rings. The molecule has 0 saturated carbocycles. The number of rotatable bonds is 7. The Balaban J connectivity index is 1.44. The number of nitrogens with one attached hydrogen (secondary N) is 2. The van der Waals surface area contributed by atoms with E-state index >= 15 is 0 Å². The Labute approximate surface area is 181 Å². The Morgan fingerprint density at radius 1 is 1.16 bits per heavy atom. The van der Waals surface area contributed by atoms with Gasteiger partial charge in [-0.05, 0) is 31.0 Å². The molecule has 2 amide bonds. The predicted octanol–water partition coefficient (Wildman–Crippen LogP) is 3.31. The van der Waals surface area contributed by atoms with Gasteiger partial charge in [-0.15, -0.1) is 11.3 Å². The molecule has 0 bridgehead atoms. The van der Waals surface area contributed by atoms with Crippen LogP contribution in [-0.2, 0) is 4.79 Å². The van der Waals surface area contributed by atoms with Gasteiger partial charge in [-0.2, -0.15) is 0 Å². The minimum absolute atomic E-state index is 0.136. The molecule has 0 saturated heterocycles. The van der Waals surface area contributed by atoms with Crippen LogP contribution in [0.1, 0.15) is 28.3 Å². The number of carbonyl (C=O) groups excluding carboxylic acids is 2. The molecule has 0 radical (unpaired) electrons. The van der Waals surface area contributed by atoms with Crippen LogP contribution in [0.4, 0.5) is 0 Å². The summed E-state index contributed by atoms with van der Waals surface area (Å²) < 4.78 is 6.12. The minimum atomic E-state index is -0.344. The van der Waals surface area contributed by atoms with Gasteiger partial charge in [0.05, 0.1) is 11.6 Å². The van der Waals surface area contributed by atoms with Crippen molar-refractivity contribution in [1.29, 1.82) is 0 Å². The number of hydrogen-bond acceptors (Lipinski definition) is 6. The van der Waals surface area contributed by atoms with Crippen LogP contribution in [0.3, 0.4) is 0 Å². The fourth-order valence-corrected chi connectivity index (χ4v) is 4.27. The number of thiophene rings is 1. The van der Waals surface area contributed by atoms with Crippen LogP contribution >= 0.6 is 11.3 Å². The molecule has 2 N–H and O–H groups in total. The first-order chi connectivity index (χ1) is 15.0. The van der Waals surface area contributed by atoms with Crippen LogP contribution in [-0.4, -0.2) is 28.0 Å². The number of nitrogens with zero attached hydrogens (tertiary/aromatic N) is 2. The van der Waals surface area contributed by atoms with E-state index in [1.807, 2.05) is 37.3 Å². The van der Waals surface area contributed by atoms with Crippen molar-refractivity contribution in [2.75, 3.05) is 12.0 Å². The average Bonchev–Trinajstić information content (AvgIpc) is 3.42. The van der Waals surface area contributed by atoms with E-state index in [4.69, 9.17) is 4.42 Å². The average molecular weight is 436 g/mol. The van der Waals surface area contributed by atoms with Crippen molar-refractivity contribution in [3.8, 4) is 11.1 Å². The molecule has 8 nitrogen and oxygen atoms in total. The monoisotopic (exact) mass is 436 g/mol. The number of benzene rings is 1. The lowest BCUT2D eigenvalue weighted by atomic mass is 10.0. The summed E-state index contributed by atoms with van der Waals surface area (Å²) in [5, 5.41) is 3.16. The number of amides is 2. The van der Waals surface area contributed by atoms with Gasteiger partial charge in [-0.3, -0.25) is 19.8 Å². The van der Waals surface area contributed by atoms with E-state index in [1.54, 1.807) is 12.1 Å². The molecule has 0 aliphatic heterocycles. The Morgan fingerprint density at radius 3 is 2.71 bits per heavy atom. The third kappa shape index (κ3) is 4.41. The standard InChI is InChI=1S/C22H20N4O4S/c1-14-18(15-7-3-2-4-8-15)19-21(31-14)24-13-26(22(19)29)25-17(27)10-5-11-23-20(28)16-9-6-12-30-16/h2-4,6-9,12-13H,5,10-11H2,1H3,(H,23,28)(H,25,27). The highest BCUT2D eigenvalue weighted by Gasteiger charge is 2.17. The summed E-state index contributed by atoms with van der Waals surface area (Å²) in [7, 11) is 0. The smallest absolute Gasteiger partial charge is 0.286 e. The number of furan rings is 1. The zero-order valence-corrected chi connectivity index (χ0v) is 17.6. The molecule has 4 rings (SSSR count). The van der Waals surface area contributed by atoms with Crippen molar-refractivity contribution in [2.45, 2.75) is 19.8 Å². The van der Waals surface area contributed by atoms with Gasteiger partial charge in [0.15, 0.2) is 5.76 Å². The van der Waals surface area contributed by atoms with Gasteiger partial charge in [0.1, 0.15) is 11.2 Å². The van der Waals surface area contributed by atoms with Crippen LogP contribution in [0.5, 0.6) is 0 Å². The maximum atomic E-state index is 13.1. The third-order valence-electron chi connectivity index (χ3n) is 4.71. The quantitative estimate of drug-likeness (QED) is 0.432. The lowest BCUT2D eigenvalue weighted by Crippen LogP contribution is -2.33. The normalized spacial score (nSPS) is 10.9. The third-order valence-corrected chi connectivity index (χ3v) is 5.72. The molecule has 0 spiro atoms. The van der Waals surface area contributed by atoms with Crippen molar-refractivity contribution in [2.24, 2.45) is 0 Å². The highest BCUT2D eigenvalue weighted by molar-refractivity contribution is 7.19. The highest BCUT2D eigenvalue weighted by Crippen LogP contribution is 2.35. The predicted molar refractivity (Wildman–Crippen MR) is 119 cm³/mol. The molecule has 3 heterocycles. The first kappa shape index (κ1) is 20.5. The SMILES string of the molecule is Cc1sc2ncn(NC(=O)CCCNC(=O)c3ccco3)c(=O)c2c1-c1ccccc1. The molecule has 9 heteroatoms. The van der Waals surface area contributed by atoms with Crippen molar-refractivity contribution >= 4 is 33.4 Å². The fourth-order valence-electron chi connectivity index (χ4n) is 3.27. The Morgan fingerprint density at radius 2 is 1.97 bits per heavy atom. The number of aryl methyl sites for hydroxylation is 1. The summed E-state index contributed by atoms with van der Waals surface area (Å²) in [5.74, 6) is -0.461. The number of hydrogen-bond donors (Lipinski definition) is 2. The van der Waals surface area contributed by atoms with Gasteiger partial charge in [-0.25, -0.2) is 9.66 Å². The second kappa shape index (κ2) is 8.97. The highest BCUT2D eigenvalue weighted by atomic mass is 32.1. The maximum Gasteiger partial charge on any atom is 0.286 e. The van der Waals surface area contributed by atoms with Crippen molar-refractivity contribution < 1.29 is 14.0 Å². The zero-order valence-electron chi connectivity index (χ0n) is 16.8. The molecule has 0 atom stereocenters. The van der Waals surface area contributed by atoms with Gasteiger partial charge in [-0.1, -0.05) is 30.3 Å². The summed E-state index contributed by atoms with van der Waals surface area (Å²) in [6, 6.07) is 12.8. The number of fused-ring (bicyclic) bond motifs is 1. The Hall–Kier alpha value is -3.72. The second-order valence-corrected chi connectivity index (χ2v) is 8.07. The Kier molecular flexibility index (Phi) is 5.94. The molecule has 31 heavy (non-hydrogen) atoms. The number of carbonyl (C=O) groups is 2. The fraction of sp³-hybridized carbons (Fsp3) is 0.182. The van der Waals surface area contributed by atoms with E-state index in [0.29, 0.717) is 23.2 Å². The van der Waals surface area contributed by atoms with Crippen molar-refractivity contribution in [3.05, 3.63) is 76.0 Å². The van der Waals surface area contributed by atoms with E-state index in [2.05, 4.69) is 15.7 Å². The lowest BCUT2D eigenvalue weighted by Gasteiger charge is -2.09. The van der Waals surface area contributed by atoms with Crippen molar-refractivity contribution in [1.82, 2.24) is 15.0 Å². The van der Waals surface area contributed by atoms with Crippen LogP contribution < -0.4 is 16.3 Å². The summed E-state index contributed by atoms with van der Waals surface area (Å²) in [4.78, 5) is 43.1. The largest absolute Gasteiger partial charge is 0.459 e. The first-order valence-corrected chi connectivity index (χ1v) is 10.5.